The predicted octanol–water partition coefficient (Wildman–Crippen LogP) is 1.82. The van der Waals surface area contributed by atoms with Gasteiger partial charge < -0.3 is 10.1 Å². The minimum atomic E-state index is -0.397. The van der Waals surface area contributed by atoms with Gasteiger partial charge in [-0.25, -0.2) is 0 Å². The Morgan fingerprint density at radius 1 is 1.40 bits per heavy atom. The normalized spacial score (nSPS) is 16.1. The van der Waals surface area contributed by atoms with Gasteiger partial charge in [0.2, 0.25) is 0 Å². The van der Waals surface area contributed by atoms with Crippen molar-refractivity contribution < 1.29 is 9.66 Å². The molecule has 0 atom stereocenters. The molecule has 7 heteroatoms. The molecule has 0 unspecified atom stereocenters. The maximum atomic E-state index is 11.0. The predicted molar refractivity (Wildman–Crippen MR) is 79.7 cm³/mol. The topological polar surface area (TPSA) is 67.6 Å². The van der Waals surface area contributed by atoms with Crippen molar-refractivity contribution in [3.8, 4) is 5.75 Å². The van der Waals surface area contributed by atoms with E-state index < -0.39 is 4.92 Å². The van der Waals surface area contributed by atoms with Crippen LogP contribution in [0.4, 0.5) is 5.69 Å². The Morgan fingerprint density at radius 2 is 2.20 bits per heavy atom. The van der Waals surface area contributed by atoms with Gasteiger partial charge in [0.25, 0.3) is 0 Å². The molecular formula is C13H20ClN3O3. The molecule has 6 nitrogen and oxygen atoms in total. The van der Waals surface area contributed by atoms with E-state index in [2.05, 4.69) is 10.2 Å². The smallest absolute Gasteiger partial charge is 0.311 e. The average Bonchev–Trinajstić information content (AvgIpc) is 2.67. The first-order chi connectivity index (χ1) is 9.20. The lowest BCUT2D eigenvalue weighted by molar-refractivity contribution is -0.385. The van der Waals surface area contributed by atoms with Crippen molar-refractivity contribution >= 4 is 18.1 Å². The van der Waals surface area contributed by atoms with E-state index in [1.54, 1.807) is 12.1 Å². The average molecular weight is 302 g/mol. The van der Waals surface area contributed by atoms with Crippen LogP contribution in [0.25, 0.3) is 0 Å². The summed E-state index contributed by atoms with van der Waals surface area (Å²) in [6.45, 7) is 4.75. The third kappa shape index (κ3) is 4.33. The number of nitro groups is 1. The van der Waals surface area contributed by atoms with E-state index >= 15 is 0 Å². The first-order valence-corrected chi connectivity index (χ1v) is 6.45. The van der Waals surface area contributed by atoms with Crippen molar-refractivity contribution in [1.29, 1.82) is 0 Å². The molecule has 1 aromatic rings. The fourth-order valence-corrected chi connectivity index (χ4v) is 2.29. The highest BCUT2D eigenvalue weighted by Crippen LogP contribution is 2.28. The zero-order valence-corrected chi connectivity index (χ0v) is 12.3. The van der Waals surface area contributed by atoms with Gasteiger partial charge in [0, 0.05) is 25.7 Å². The van der Waals surface area contributed by atoms with Gasteiger partial charge >= 0.3 is 5.69 Å². The molecule has 1 saturated heterocycles. The molecule has 0 spiro atoms. The number of hydrogen-bond donors (Lipinski definition) is 1. The van der Waals surface area contributed by atoms with Crippen LogP contribution >= 0.6 is 12.4 Å². The lowest BCUT2D eigenvalue weighted by Crippen LogP contribution is -2.27. The fraction of sp³-hybridized carbons (Fsp3) is 0.538. The van der Waals surface area contributed by atoms with E-state index in [1.807, 2.05) is 6.07 Å². The van der Waals surface area contributed by atoms with E-state index in [0.29, 0.717) is 5.75 Å². The van der Waals surface area contributed by atoms with Crippen LogP contribution in [0.1, 0.15) is 12.0 Å². The zero-order chi connectivity index (χ0) is 13.7. The Morgan fingerprint density at radius 3 is 2.90 bits per heavy atom. The summed E-state index contributed by atoms with van der Waals surface area (Å²) in [6, 6.07) is 5.17. The van der Waals surface area contributed by atoms with Crippen molar-refractivity contribution in [2.24, 2.45) is 0 Å². The third-order valence-corrected chi connectivity index (χ3v) is 3.28. The van der Waals surface area contributed by atoms with Crippen molar-refractivity contribution in [3.05, 3.63) is 33.9 Å². The number of rotatable bonds is 4. The molecule has 1 aliphatic rings. The molecule has 112 valence electrons. The maximum absolute atomic E-state index is 11.0. The molecule has 1 aromatic carbocycles. The second kappa shape index (κ2) is 8.04. The number of nitrogens with zero attached hydrogens (tertiary/aromatic N) is 2. The zero-order valence-electron chi connectivity index (χ0n) is 11.5. The molecule has 2 rings (SSSR count). The van der Waals surface area contributed by atoms with Crippen molar-refractivity contribution in [2.45, 2.75) is 13.0 Å². The highest BCUT2D eigenvalue weighted by atomic mass is 35.5. The summed E-state index contributed by atoms with van der Waals surface area (Å²) in [7, 11) is 1.45. The van der Waals surface area contributed by atoms with Gasteiger partial charge in [-0.1, -0.05) is 6.07 Å². The Kier molecular flexibility index (Phi) is 6.70. The molecule has 0 aromatic heterocycles. The number of nitrogens with one attached hydrogen (secondary N) is 1. The van der Waals surface area contributed by atoms with Gasteiger partial charge in [-0.2, -0.15) is 0 Å². The van der Waals surface area contributed by atoms with Crippen LogP contribution in [-0.2, 0) is 6.54 Å². The minimum Gasteiger partial charge on any atom is -0.490 e. The SMILES string of the molecule is COc1ccc(CN2CCCNCC2)cc1[N+](=O)[O-].Cl. The second-order valence-electron chi connectivity index (χ2n) is 4.64. The summed E-state index contributed by atoms with van der Waals surface area (Å²) < 4.78 is 5.01. The highest BCUT2D eigenvalue weighted by molar-refractivity contribution is 5.85. The van der Waals surface area contributed by atoms with E-state index in [0.717, 1.165) is 44.7 Å². The van der Waals surface area contributed by atoms with Gasteiger partial charge in [0.05, 0.1) is 12.0 Å². The molecule has 1 heterocycles. The molecule has 1 aliphatic heterocycles. The number of methoxy groups -OCH3 is 1. The van der Waals surface area contributed by atoms with Gasteiger partial charge in [0.15, 0.2) is 5.75 Å². The van der Waals surface area contributed by atoms with Gasteiger partial charge in [-0.05, 0) is 31.1 Å². The van der Waals surface area contributed by atoms with Crippen LogP contribution in [0, 0.1) is 10.1 Å². The molecular weight excluding hydrogens is 282 g/mol. The molecule has 0 saturated carbocycles. The van der Waals surface area contributed by atoms with Crippen LogP contribution in [0.15, 0.2) is 18.2 Å². The van der Waals surface area contributed by atoms with Crippen LogP contribution in [0.2, 0.25) is 0 Å². The molecule has 0 aliphatic carbocycles. The quantitative estimate of drug-likeness (QED) is 0.679. The van der Waals surface area contributed by atoms with Crippen molar-refractivity contribution in [1.82, 2.24) is 10.2 Å². The molecule has 0 amide bonds. The van der Waals surface area contributed by atoms with Crippen LogP contribution in [0.3, 0.4) is 0 Å². The third-order valence-electron chi connectivity index (χ3n) is 3.28. The summed E-state index contributed by atoms with van der Waals surface area (Å²) in [6.07, 6.45) is 1.11. The summed E-state index contributed by atoms with van der Waals surface area (Å²) >= 11 is 0. The molecule has 1 N–H and O–H groups in total. The first-order valence-electron chi connectivity index (χ1n) is 6.45. The van der Waals surface area contributed by atoms with Crippen LogP contribution in [0.5, 0.6) is 5.75 Å². The van der Waals surface area contributed by atoms with Crippen LogP contribution in [-0.4, -0.2) is 43.1 Å². The summed E-state index contributed by atoms with van der Waals surface area (Å²) in [5, 5.41) is 14.3. The number of halogens is 1. The summed E-state index contributed by atoms with van der Waals surface area (Å²) in [4.78, 5) is 12.9. The molecule has 0 radical (unpaired) electrons. The highest BCUT2D eigenvalue weighted by Gasteiger charge is 2.16. The Bertz CT molecular complexity index is 448. The molecule has 1 fully saturated rings. The van der Waals surface area contributed by atoms with E-state index in [1.165, 1.54) is 7.11 Å². The van der Waals surface area contributed by atoms with Crippen molar-refractivity contribution in [3.63, 3.8) is 0 Å². The standard InChI is InChI=1S/C13H19N3O3.ClH/c1-19-13-4-3-11(9-12(13)16(17)18)10-15-7-2-5-14-6-8-15;/h3-4,9,14H,2,5-8,10H2,1H3;1H. The monoisotopic (exact) mass is 301 g/mol. The van der Waals surface area contributed by atoms with E-state index in [4.69, 9.17) is 4.74 Å². The Balaban J connectivity index is 0.00000200. The first kappa shape index (κ1) is 16.7. The lowest BCUT2D eigenvalue weighted by atomic mass is 10.1. The number of nitro benzene ring substituents is 1. The number of benzene rings is 1. The summed E-state index contributed by atoms with van der Waals surface area (Å²) in [5.74, 6) is 0.311. The fourth-order valence-electron chi connectivity index (χ4n) is 2.29. The molecule has 0 bridgehead atoms. The minimum absolute atomic E-state index is 0. The lowest BCUT2D eigenvalue weighted by Gasteiger charge is -2.19. The van der Waals surface area contributed by atoms with Gasteiger partial charge in [-0.15, -0.1) is 12.4 Å². The molecule has 20 heavy (non-hydrogen) atoms. The van der Waals surface area contributed by atoms with Crippen LogP contribution < -0.4 is 10.1 Å². The maximum Gasteiger partial charge on any atom is 0.311 e. The van der Waals surface area contributed by atoms with Crippen molar-refractivity contribution in [2.75, 3.05) is 33.3 Å². The van der Waals surface area contributed by atoms with Gasteiger partial charge in [0.1, 0.15) is 0 Å². The number of hydrogen-bond acceptors (Lipinski definition) is 5. The Labute approximate surface area is 124 Å². The second-order valence-corrected chi connectivity index (χ2v) is 4.64. The number of ether oxygens (including phenoxy) is 1. The summed E-state index contributed by atoms with van der Waals surface area (Å²) in [5.41, 5.74) is 0.988. The Hall–Kier alpha value is -1.37. The van der Waals surface area contributed by atoms with E-state index in [9.17, 15) is 10.1 Å². The van der Waals surface area contributed by atoms with E-state index in [-0.39, 0.29) is 18.1 Å². The largest absolute Gasteiger partial charge is 0.490 e. The van der Waals surface area contributed by atoms with Gasteiger partial charge in [-0.3, -0.25) is 15.0 Å².